The maximum atomic E-state index is 12.9. The van der Waals surface area contributed by atoms with Crippen molar-refractivity contribution in [2.45, 2.75) is 19.7 Å². The zero-order chi connectivity index (χ0) is 15.5. The van der Waals surface area contributed by atoms with Gasteiger partial charge in [0.2, 0.25) is 5.88 Å². The number of hydrogen-bond donors (Lipinski definition) is 0. The van der Waals surface area contributed by atoms with Gasteiger partial charge in [0.25, 0.3) is 6.43 Å². The largest absolute Gasteiger partial charge is 0.574 e. The molecule has 0 saturated heterocycles. The van der Waals surface area contributed by atoms with Gasteiger partial charge in [-0.1, -0.05) is 0 Å². The fourth-order valence-corrected chi connectivity index (χ4v) is 1.94. The second-order valence-electron chi connectivity index (χ2n) is 3.27. The normalized spacial score (nSPS) is 11.6. The van der Waals surface area contributed by atoms with Crippen LogP contribution in [0.1, 0.15) is 29.3 Å². The second kappa shape index (κ2) is 6.50. The van der Waals surface area contributed by atoms with Crippen LogP contribution in [-0.2, 0) is 4.74 Å². The molecule has 0 saturated carbocycles. The highest BCUT2D eigenvalue weighted by atomic mass is 127. The van der Waals surface area contributed by atoms with Gasteiger partial charge in [-0.05, 0) is 29.5 Å². The number of nitrogens with zero attached hydrogens (tertiary/aromatic N) is 1. The number of carbonyl (C=O) groups is 1. The van der Waals surface area contributed by atoms with Gasteiger partial charge < -0.3 is 9.47 Å². The molecule has 0 aliphatic heterocycles. The van der Waals surface area contributed by atoms with Gasteiger partial charge in [-0.25, -0.2) is 18.6 Å². The van der Waals surface area contributed by atoms with E-state index < -0.39 is 35.8 Å². The molecule has 0 aliphatic rings. The number of esters is 1. The Balaban J connectivity index is 3.41. The molecule has 0 fully saturated rings. The van der Waals surface area contributed by atoms with E-state index in [4.69, 9.17) is 0 Å². The van der Waals surface area contributed by atoms with Crippen LogP contribution in [0.2, 0.25) is 0 Å². The average Bonchev–Trinajstić information content (AvgIpc) is 2.29. The zero-order valence-electron chi connectivity index (χ0n) is 9.80. The van der Waals surface area contributed by atoms with Gasteiger partial charge in [0.15, 0.2) is 0 Å². The molecular formula is C10H7F5INO3. The Labute approximate surface area is 123 Å². The monoisotopic (exact) mass is 411 g/mol. The Bertz CT molecular complexity index is 506. The molecule has 1 heterocycles. The third-order valence-electron chi connectivity index (χ3n) is 1.94. The van der Waals surface area contributed by atoms with Crippen molar-refractivity contribution in [2.24, 2.45) is 0 Å². The van der Waals surface area contributed by atoms with Crippen molar-refractivity contribution in [3.05, 3.63) is 20.9 Å². The highest BCUT2D eigenvalue weighted by molar-refractivity contribution is 14.1. The van der Waals surface area contributed by atoms with E-state index in [2.05, 4.69) is 14.5 Å². The van der Waals surface area contributed by atoms with Crippen LogP contribution >= 0.6 is 22.6 Å². The standard InChI is InChI=1S/C10H7F5INO3/c1-2-19-9(18)5-4(16)3-17-8(6(5)7(11)12)20-10(13,14)15/h3,7H,2H2,1H3. The SMILES string of the molecule is CCOC(=O)c1c(I)cnc(OC(F)(F)F)c1C(F)F. The van der Waals surface area contributed by atoms with Crippen molar-refractivity contribution in [2.75, 3.05) is 6.61 Å². The summed E-state index contributed by atoms with van der Waals surface area (Å²) in [4.78, 5) is 14.7. The van der Waals surface area contributed by atoms with E-state index in [1.807, 2.05) is 0 Å². The number of aromatic nitrogens is 1. The summed E-state index contributed by atoms with van der Waals surface area (Å²) in [5, 5.41) is 0. The third kappa shape index (κ3) is 4.15. The number of alkyl halides is 5. The number of ether oxygens (including phenoxy) is 2. The lowest BCUT2D eigenvalue weighted by atomic mass is 10.1. The van der Waals surface area contributed by atoms with E-state index in [-0.39, 0.29) is 10.2 Å². The summed E-state index contributed by atoms with van der Waals surface area (Å²) in [5.74, 6) is -2.53. The van der Waals surface area contributed by atoms with Gasteiger partial charge in [0.05, 0.1) is 17.7 Å². The third-order valence-corrected chi connectivity index (χ3v) is 2.76. The summed E-state index contributed by atoms with van der Waals surface area (Å²) in [6.45, 7) is 1.32. The fourth-order valence-electron chi connectivity index (χ4n) is 1.29. The molecule has 0 atom stereocenters. The predicted octanol–water partition coefficient (Wildman–Crippen LogP) is 3.70. The van der Waals surface area contributed by atoms with E-state index in [0.717, 1.165) is 6.20 Å². The summed E-state index contributed by atoms with van der Waals surface area (Å²) in [7, 11) is 0. The second-order valence-corrected chi connectivity index (χ2v) is 4.43. The quantitative estimate of drug-likeness (QED) is 0.431. The van der Waals surface area contributed by atoms with E-state index in [1.54, 1.807) is 0 Å². The minimum absolute atomic E-state index is 0.0640. The molecule has 0 N–H and O–H groups in total. The Hall–Kier alpha value is -1.20. The number of rotatable bonds is 4. The highest BCUT2D eigenvalue weighted by Gasteiger charge is 2.36. The van der Waals surface area contributed by atoms with Gasteiger partial charge in [0, 0.05) is 9.77 Å². The molecule has 0 aliphatic carbocycles. The first-order chi connectivity index (χ1) is 9.17. The first-order valence-corrected chi connectivity index (χ1v) is 6.14. The lowest BCUT2D eigenvalue weighted by Crippen LogP contribution is -2.21. The molecule has 0 aromatic carbocycles. The van der Waals surface area contributed by atoms with Gasteiger partial charge in [0.1, 0.15) is 0 Å². The van der Waals surface area contributed by atoms with Crippen molar-refractivity contribution in [3.63, 3.8) is 0 Å². The molecule has 4 nitrogen and oxygen atoms in total. The molecule has 1 aromatic rings. The van der Waals surface area contributed by atoms with Crippen molar-refractivity contribution in [1.29, 1.82) is 0 Å². The van der Waals surface area contributed by atoms with E-state index in [9.17, 15) is 26.7 Å². The first kappa shape index (κ1) is 16.9. The molecule has 1 rings (SSSR count). The molecule has 112 valence electrons. The predicted molar refractivity (Wildman–Crippen MR) is 64.6 cm³/mol. The molecule has 0 unspecified atom stereocenters. The van der Waals surface area contributed by atoms with Gasteiger partial charge in [-0.3, -0.25) is 0 Å². The van der Waals surface area contributed by atoms with Crippen LogP contribution in [0.25, 0.3) is 0 Å². The van der Waals surface area contributed by atoms with Crippen molar-refractivity contribution < 1.29 is 36.2 Å². The minimum Gasteiger partial charge on any atom is -0.462 e. The number of hydrogen-bond acceptors (Lipinski definition) is 4. The lowest BCUT2D eigenvalue weighted by Gasteiger charge is -2.15. The average molecular weight is 411 g/mol. The molecule has 0 amide bonds. The van der Waals surface area contributed by atoms with Crippen LogP contribution in [0, 0.1) is 3.57 Å². The summed E-state index contributed by atoms with van der Waals surface area (Å²) >= 11 is 1.49. The first-order valence-electron chi connectivity index (χ1n) is 5.06. The van der Waals surface area contributed by atoms with E-state index in [1.165, 1.54) is 29.5 Å². The van der Waals surface area contributed by atoms with Crippen LogP contribution in [-0.4, -0.2) is 23.9 Å². The van der Waals surface area contributed by atoms with E-state index in [0.29, 0.717) is 0 Å². The number of halogens is 6. The smallest absolute Gasteiger partial charge is 0.462 e. The maximum Gasteiger partial charge on any atom is 0.574 e. The van der Waals surface area contributed by atoms with Gasteiger partial charge in [-0.15, -0.1) is 13.2 Å². The van der Waals surface area contributed by atoms with Gasteiger partial charge in [-0.2, -0.15) is 0 Å². The molecule has 1 aromatic heterocycles. The fraction of sp³-hybridized carbons (Fsp3) is 0.400. The lowest BCUT2D eigenvalue weighted by molar-refractivity contribution is -0.276. The summed E-state index contributed by atoms with van der Waals surface area (Å²) in [6.07, 6.45) is -7.76. The Kier molecular flexibility index (Phi) is 5.48. The summed E-state index contributed by atoms with van der Waals surface area (Å²) < 4.78 is 70.2. The van der Waals surface area contributed by atoms with Crippen LogP contribution in [0.4, 0.5) is 22.0 Å². The van der Waals surface area contributed by atoms with Crippen molar-refractivity contribution in [1.82, 2.24) is 4.98 Å². The van der Waals surface area contributed by atoms with Crippen LogP contribution in [0.5, 0.6) is 5.88 Å². The van der Waals surface area contributed by atoms with Crippen molar-refractivity contribution >= 4 is 28.6 Å². The Morgan fingerprint density at radius 3 is 2.50 bits per heavy atom. The summed E-state index contributed by atoms with van der Waals surface area (Å²) in [5.41, 5.74) is -1.93. The molecule has 0 radical (unpaired) electrons. The number of carbonyl (C=O) groups excluding carboxylic acids is 1. The van der Waals surface area contributed by atoms with Crippen LogP contribution in [0.3, 0.4) is 0 Å². The molecule has 10 heteroatoms. The summed E-state index contributed by atoms with van der Waals surface area (Å²) in [6, 6.07) is 0. The Morgan fingerprint density at radius 1 is 1.45 bits per heavy atom. The number of pyridine rings is 1. The Morgan fingerprint density at radius 2 is 2.05 bits per heavy atom. The molecule has 0 spiro atoms. The highest BCUT2D eigenvalue weighted by Crippen LogP contribution is 2.36. The van der Waals surface area contributed by atoms with Crippen molar-refractivity contribution in [3.8, 4) is 5.88 Å². The minimum atomic E-state index is -5.20. The topological polar surface area (TPSA) is 48.4 Å². The van der Waals surface area contributed by atoms with E-state index >= 15 is 0 Å². The zero-order valence-corrected chi connectivity index (χ0v) is 12.0. The maximum absolute atomic E-state index is 12.9. The molecular weight excluding hydrogens is 404 g/mol. The molecule has 20 heavy (non-hydrogen) atoms. The van der Waals surface area contributed by atoms with Crippen LogP contribution < -0.4 is 4.74 Å². The van der Waals surface area contributed by atoms with Gasteiger partial charge >= 0.3 is 12.3 Å². The van der Waals surface area contributed by atoms with Crippen LogP contribution in [0.15, 0.2) is 6.20 Å². The molecule has 0 bridgehead atoms.